The molecule has 1 aliphatic heterocycles. The van der Waals surface area contributed by atoms with Crippen molar-refractivity contribution in [3.8, 4) is 5.75 Å². The van der Waals surface area contributed by atoms with Crippen LogP contribution in [0.1, 0.15) is 30.0 Å². The van der Waals surface area contributed by atoms with E-state index in [-0.39, 0.29) is 6.04 Å². The van der Waals surface area contributed by atoms with Gasteiger partial charge in [-0.3, -0.25) is 4.90 Å². The van der Waals surface area contributed by atoms with Crippen molar-refractivity contribution in [2.45, 2.75) is 25.1 Å². The smallest absolute Gasteiger partial charge is 0.420 e. The molecule has 0 aliphatic carbocycles. The second-order valence-electron chi connectivity index (χ2n) is 5.56. The van der Waals surface area contributed by atoms with Crippen LogP contribution in [-0.2, 0) is 6.18 Å². The fraction of sp³-hybridized carbons (Fsp3) is 0.500. The molecule has 1 heterocycles. The van der Waals surface area contributed by atoms with Crippen LogP contribution in [0, 0.1) is 0 Å². The van der Waals surface area contributed by atoms with Crippen LogP contribution in [0.25, 0.3) is 0 Å². The van der Waals surface area contributed by atoms with Crippen LogP contribution >= 0.6 is 15.9 Å². The average Bonchev–Trinajstić information content (AvgIpc) is 2.50. The number of piperazine rings is 1. The van der Waals surface area contributed by atoms with E-state index in [1.54, 1.807) is 12.1 Å². The van der Waals surface area contributed by atoms with Crippen molar-refractivity contribution >= 4 is 15.9 Å². The van der Waals surface area contributed by atoms with Crippen molar-refractivity contribution in [1.29, 1.82) is 0 Å². The molecule has 1 atom stereocenters. The number of nitrogens with one attached hydrogen (secondary N) is 1. The highest BCUT2D eigenvalue weighted by Gasteiger charge is 2.37. The van der Waals surface area contributed by atoms with Crippen molar-refractivity contribution in [3.05, 3.63) is 40.4 Å². The van der Waals surface area contributed by atoms with E-state index in [1.165, 1.54) is 0 Å². The summed E-state index contributed by atoms with van der Waals surface area (Å²) in [6.07, 6.45) is -1.56. The number of halogens is 4. The van der Waals surface area contributed by atoms with E-state index in [0.717, 1.165) is 32.2 Å². The molecule has 0 unspecified atom stereocenters. The minimum absolute atomic E-state index is 0.270. The molecule has 1 aromatic rings. The van der Waals surface area contributed by atoms with E-state index >= 15 is 0 Å². The fourth-order valence-electron chi connectivity index (χ4n) is 2.89. The van der Waals surface area contributed by atoms with Gasteiger partial charge in [-0.25, -0.2) is 0 Å². The van der Waals surface area contributed by atoms with Gasteiger partial charge in [0.2, 0.25) is 0 Å². The van der Waals surface area contributed by atoms with Gasteiger partial charge in [0.25, 0.3) is 0 Å². The molecule has 7 heteroatoms. The highest BCUT2D eigenvalue weighted by molar-refractivity contribution is 9.10. The Hall–Kier alpha value is -1.05. The summed E-state index contributed by atoms with van der Waals surface area (Å²) >= 11 is 3.14. The highest BCUT2D eigenvalue weighted by Crippen LogP contribution is 2.43. The first-order valence-corrected chi connectivity index (χ1v) is 8.29. The molecule has 1 aromatic carbocycles. The van der Waals surface area contributed by atoms with Crippen LogP contribution in [0.3, 0.4) is 0 Å². The molecule has 2 rings (SSSR count). The largest absolute Gasteiger partial charge is 0.507 e. The number of allylic oxidation sites excluding steroid dienone is 1. The zero-order chi connectivity index (χ0) is 17.0. The lowest BCUT2D eigenvalue weighted by molar-refractivity contribution is -0.138. The molecule has 23 heavy (non-hydrogen) atoms. The van der Waals surface area contributed by atoms with Gasteiger partial charge in [-0.05, 0) is 25.0 Å². The summed E-state index contributed by atoms with van der Waals surface area (Å²) in [5, 5.41) is 13.5. The summed E-state index contributed by atoms with van der Waals surface area (Å²) in [4.78, 5) is 2.11. The number of phenolic OH excluding ortho intramolecular Hbond substituents is 1. The van der Waals surface area contributed by atoms with Gasteiger partial charge in [0, 0.05) is 42.3 Å². The number of hydrogen-bond acceptors (Lipinski definition) is 3. The number of benzene rings is 1. The zero-order valence-corrected chi connectivity index (χ0v) is 14.3. The first-order chi connectivity index (χ1) is 10.8. The first-order valence-electron chi connectivity index (χ1n) is 7.50. The number of hydrogen-bond donors (Lipinski definition) is 2. The van der Waals surface area contributed by atoms with Gasteiger partial charge >= 0.3 is 6.18 Å². The lowest BCUT2D eigenvalue weighted by Gasteiger charge is -2.36. The Morgan fingerprint density at radius 3 is 2.57 bits per heavy atom. The molecule has 1 aliphatic rings. The molecule has 1 fully saturated rings. The van der Waals surface area contributed by atoms with Gasteiger partial charge in [-0.2, -0.15) is 13.2 Å². The molecule has 3 nitrogen and oxygen atoms in total. The third kappa shape index (κ3) is 4.49. The Morgan fingerprint density at radius 2 is 2.00 bits per heavy atom. The number of nitrogens with zero attached hydrogens (tertiary/aromatic N) is 1. The van der Waals surface area contributed by atoms with Crippen molar-refractivity contribution in [3.63, 3.8) is 0 Å². The van der Waals surface area contributed by atoms with Crippen LogP contribution in [-0.4, -0.2) is 36.2 Å². The minimum atomic E-state index is -4.59. The number of aromatic hydroxyl groups is 1. The highest BCUT2D eigenvalue weighted by atomic mass is 79.9. The topological polar surface area (TPSA) is 35.5 Å². The predicted molar refractivity (Wildman–Crippen MR) is 87.4 cm³/mol. The Bertz CT molecular complexity index is 557. The molecular formula is C16H20BrF3N2O. The molecule has 0 radical (unpaired) electrons. The monoisotopic (exact) mass is 392 g/mol. The van der Waals surface area contributed by atoms with Gasteiger partial charge in [0.1, 0.15) is 5.75 Å². The van der Waals surface area contributed by atoms with Crippen molar-refractivity contribution in [2.24, 2.45) is 0 Å². The SMILES string of the molecule is C=CCC[C@H](c1cc(Br)cc(C(F)(F)F)c1O)N1CCNCC1. The lowest BCUT2D eigenvalue weighted by atomic mass is 9.96. The summed E-state index contributed by atoms with van der Waals surface area (Å²) in [7, 11) is 0. The fourth-order valence-corrected chi connectivity index (χ4v) is 3.37. The van der Waals surface area contributed by atoms with Gasteiger partial charge in [0.15, 0.2) is 0 Å². The van der Waals surface area contributed by atoms with Gasteiger partial charge in [-0.15, -0.1) is 6.58 Å². The number of rotatable bonds is 5. The third-order valence-electron chi connectivity index (χ3n) is 4.01. The van der Waals surface area contributed by atoms with Crippen LogP contribution in [0.15, 0.2) is 29.3 Å². The van der Waals surface area contributed by atoms with E-state index in [4.69, 9.17) is 0 Å². The molecule has 0 bridgehead atoms. The van der Waals surface area contributed by atoms with E-state index in [2.05, 4.69) is 32.7 Å². The lowest BCUT2D eigenvalue weighted by Crippen LogP contribution is -2.45. The van der Waals surface area contributed by atoms with Gasteiger partial charge in [0.05, 0.1) is 5.56 Å². The maximum absolute atomic E-state index is 13.1. The Balaban J connectivity index is 2.44. The van der Waals surface area contributed by atoms with E-state index in [0.29, 0.717) is 22.9 Å². The Kier molecular flexibility index (Phi) is 6.11. The Labute approximate surface area is 142 Å². The van der Waals surface area contributed by atoms with Crippen molar-refractivity contribution in [2.75, 3.05) is 26.2 Å². The first kappa shape index (κ1) is 18.3. The second-order valence-corrected chi connectivity index (χ2v) is 6.47. The quantitative estimate of drug-likeness (QED) is 0.740. The molecular weight excluding hydrogens is 373 g/mol. The standard InChI is InChI=1S/C16H20BrF3N2O/c1-2-3-4-14(22-7-5-21-6-8-22)12-9-11(17)10-13(15(12)23)16(18,19)20/h2,9-10,14,21,23H,1,3-8H2/t14-/m1/s1. The summed E-state index contributed by atoms with van der Waals surface area (Å²) in [5.41, 5.74) is -0.684. The molecule has 0 aromatic heterocycles. The minimum Gasteiger partial charge on any atom is -0.507 e. The van der Waals surface area contributed by atoms with Crippen molar-refractivity contribution < 1.29 is 18.3 Å². The third-order valence-corrected chi connectivity index (χ3v) is 4.46. The van der Waals surface area contributed by atoms with Gasteiger partial charge in [-0.1, -0.05) is 22.0 Å². The molecule has 1 saturated heterocycles. The zero-order valence-electron chi connectivity index (χ0n) is 12.7. The van der Waals surface area contributed by atoms with E-state index in [1.807, 2.05) is 0 Å². The van der Waals surface area contributed by atoms with Crippen LogP contribution in [0.5, 0.6) is 5.75 Å². The van der Waals surface area contributed by atoms with Crippen LogP contribution in [0.2, 0.25) is 0 Å². The summed E-state index contributed by atoms with van der Waals surface area (Å²) < 4.78 is 39.8. The van der Waals surface area contributed by atoms with Gasteiger partial charge < -0.3 is 10.4 Å². The van der Waals surface area contributed by atoms with Crippen molar-refractivity contribution in [1.82, 2.24) is 10.2 Å². The summed E-state index contributed by atoms with van der Waals surface area (Å²) in [5.74, 6) is -0.673. The molecule has 0 amide bonds. The summed E-state index contributed by atoms with van der Waals surface area (Å²) in [6.45, 7) is 6.71. The predicted octanol–water partition coefficient (Wildman–Crippen LogP) is 4.09. The molecule has 0 saturated carbocycles. The Morgan fingerprint density at radius 1 is 1.35 bits per heavy atom. The average molecular weight is 393 g/mol. The summed E-state index contributed by atoms with van der Waals surface area (Å²) in [6, 6.07) is 2.23. The normalized spacial score (nSPS) is 17.9. The van der Waals surface area contributed by atoms with E-state index < -0.39 is 17.5 Å². The molecule has 2 N–H and O–H groups in total. The maximum Gasteiger partial charge on any atom is 0.420 e. The van der Waals surface area contributed by atoms with E-state index in [9.17, 15) is 18.3 Å². The van der Waals surface area contributed by atoms with Crippen LogP contribution < -0.4 is 5.32 Å². The molecule has 128 valence electrons. The number of phenols is 1. The number of alkyl halides is 3. The maximum atomic E-state index is 13.1. The van der Waals surface area contributed by atoms with Crippen LogP contribution in [0.4, 0.5) is 13.2 Å². The second kappa shape index (κ2) is 7.68. The molecule has 0 spiro atoms.